The first-order valence-electron chi connectivity index (χ1n) is 3.77. The molecule has 0 atom stereocenters. The number of hydrogen-bond acceptors (Lipinski definition) is 3. The smallest absolute Gasteiger partial charge is 0.309 e. The van der Waals surface area contributed by atoms with Gasteiger partial charge in [-0.05, 0) is 6.92 Å². The molecule has 0 aromatic heterocycles. The summed E-state index contributed by atoms with van der Waals surface area (Å²) in [6.07, 6.45) is 0. The van der Waals surface area contributed by atoms with Crippen molar-refractivity contribution in [2.24, 2.45) is 0 Å². The number of methoxy groups -OCH3 is 1. The molecule has 0 radical (unpaired) electrons. The van der Waals surface area contributed by atoms with Crippen LogP contribution in [0.1, 0.15) is 6.92 Å². The molecule has 12 heavy (non-hydrogen) atoms. The summed E-state index contributed by atoms with van der Waals surface area (Å²) in [6.45, 7) is 2.97. The molecule has 70 valence electrons. The average molecular weight is 174 g/mol. The number of nitrogens with one attached hydrogen (secondary N) is 2. The average Bonchev–Trinajstić information content (AvgIpc) is 2.05. The Labute approximate surface area is 71.5 Å². The van der Waals surface area contributed by atoms with E-state index in [4.69, 9.17) is 0 Å². The third-order valence-electron chi connectivity index (χ3n) is 1.14. The molecule has 0 unspecified atom stereocenters. The zero-order valence-electron chi connectivity index (χ0n) is 7.35. The van der Waals surface area contributed by atoms with Crippen LogP contribution in [0.25, 0.3) is 0 Å². The van der Waals surface area contributed by atoms with Gasteiger partial charge >= 0.3 is 11.8 Å². The Morgan fingerprint density at radius 3 is 2.33 bits per heavy atom. The standard InChI is InChI=1S/C7H14N2O3/c1-3-8-6(10)7(11)9-4-5-12-2/h3-5H2,1-2H3,(H,8,10)(H,9,11). The quantitative estimate of drug-likeness (QED) is 0.419. The Morgan fingerprint density at radius 2 is 1.83 bits per heavy atom. The van der Waals surface area contributed by atoms with E-state index in [-0.39, 0.29) is 0 Å². The lowest BCUT2D eigenvalue weighted by Crippen LogP contribution is -2.40. The fourth-order valence-electron chi connectivity index (χ4n) is 0.588. The van der Waals surface area contributed by atoms with E-state index >= 15 is 0 Å². The molecule has 0 bridgehead atoms. The van der Waals surface area contributed by atoms with Gasteiger partial charge in [0, 0.05) is 20.2 Å². The van der Waals surface area contributed by atoms with Crippen LogP contribution in [0.4, 0.5) is 0 Å². The van der Waals surface area contributed by atoms with E-state index < -0.39 is 11.8 Å². The lowest BCUT2D eigenvalue weighted by Gasteiger charge is -2.03. The molecule has 0 aromatic carbocycles. The lowest BCUT2D eigenvalue weighted by molar-refractivity contribution is -0.139. The maximum absolute atomic E-state index is 10.8. The molecule has 0 fully saturated rings. The molecule has 0 aromatic rings. The van der Waals surface area contributed by atoms with Crippen LogP contribution in [0.3, 0.4) is 0 Å². The summed E-state index contributed by atoms with van der Waals surface area (Å²) in [5.74, 6) is -1.22. The van der Waals surface area contributed by atoms with E-state index in [1.54, 1.807) is 6.92 Å². The Morgan fingerprint density at radius 1 is 1.25 bits per heavy atom. The highest BCUT2D eigenvalue weighted by Gasteiger charge is 2.09. The van der Waals surface area contributed by atoms with E-state index in [1.165, 1.54) is 7.11 Å². The van der Waals surface area contributed by atoms with Gasteiger partial charge < -0.3 is 15.4 Å². The monoisotopic (exact) mass is 174 g/mol. The van der Waals surface area contributed by atoms with Gasteiger partial charge in [0.25, 0.3) is 0 Å². The van der Waals surface area contributed by atoms with Crippen LogP contribution in [0.2, 0.25) is 0 Å². The second kappa shape index (κ2) is 6.60. The highest BCUT2D eigenvalue weighted by atomic mass is 16.5. The molecule has 2 N–H and O–H groups in total. The molecular weight excluding hydrogens is 160 g/mol. The van der Waals surface area contributed by atoms with Gasteiger partial charge in [0.2, 0.25) is 0 Å². The number of carbonyl (C=O) groups is 2. The lowest BCUT2D eigenvalue weighted by atomic mass is 10.5. The molecule has 0 aliphatic carbocycles. The van der Waals surface area contributed by atoms with Gasteiger partial charge in [-0.1, -0.05) is 0 Å². The third-order valence-corrected chi connectivity index (χ3v) is 1.14. The van der Waals surface area contributed by atoms with E-state index in [0.717, 1.165) is 0 Å². The number of carbonyl (C=O) groups excluding carboxylic acids is 2. The molecule has 0 rings (SSSR count). The Bertz CT molecular complexity index is 159. The summed E-state index contributed by atoms with van der Waals surface area (Å²) < 4.78 is 4.69. The fourth-order valence-corrected chi connectivity index (χ4v) is 0.588. The first-order valence-corrected chi connectivity index (χ1v) is 3.77. The number of rotatable bonds is 4. The number of likely N-dealkylation sites (N-methyl/N-ethyl adjacent to an activating group) is 1. The molecule has 0 aliphatic rings. The number of hydrogen-bond donors (Lipinski definition) is 2. The van der Waals surface area contributed by atoms with Crippen molar-refractivity contribution in [3.8, 4) is 0 Å². The van der Waals surface area contributed by atoms with E-state index in [2.05, 4.69) is 15.4 Å². The summed E-state index contributed by atoms with van der Waals surface area (Å²) in [5, 5.41) is 4.77. The maximum Gasteiger partial charge on any atom is 0.309 e. The predicted molar refractivity (Wildman–Crippen MR) is 43.6 cm³/mol. The Balaban J connectivity index is 3.50. The van der Waals surface area contributed by atoms with Crippen molar-refractivity contribution in [3.05, 3.63) is 0 Å². The van der Waals surface area contributed by atoms with Gasteiger partial charge in [-0.3, -0.25) is 9.59 Å². The Kier molecular flexibility index (Phi) is 6.00. The fraction of sp³-hybridized carbons (Fsp3) is 0.714. The maximum atomic E-state index is 10.8. The van der Waals surface area contributed by atoms with Crippen molar-refractivity contribution in [1.82, 2.24) is 10.6 Å². The summed E-state index contributed by atoms with van der Waals surface area (Å²) in [7, 11) is 1.53. The van der Waals surface area contributed by atoms with Gasteiger partial charge in [0.1, 0.15) is 0 Å². The van der Waals surface area contributed by atoms with Crippen LogP contribution in [-0.4, -0.2) is 38.6 Å². The van der Waals surface area contributed by atoms with Gasteiger partial charge in [-0.15, -0.1) is 0 Å². The van der Waals surface area contributed by atoms with Crippen molar-refractivity contribution in [3.63, 3.8) is 0 Å². The van der Waals surface area contributed by atoms with Crippen LogP contribution in [0, 0.1) is 0 Å². The second-order valence-electron chi connectivity index (χ2n) is 2.11. The van der Waals surface area contributed by atoms with Crippen molar-refractivity contribution in [2.45, 2.75) is 6.92 Å². The molecule has 0 saturated heterocycles. The summed E-state index contributed by atoms with van der Waals surface area (Å²) >= 11 is 0. The first kappa shape index (κ1) is 10.9. The normalized spacial score (nSPS) is 9.17. The van der Waals surface area contributed by atoms with Crippen molar-refractivity contribution >= 4 is 11.8 Å². The Hall–Kier alpha value is -1.10. The van der Waals surface area contributed by atoms with Crippen molar-refractivity contribution < 1.29 is 14.3 Å². The highest BCUT2D eigenvalue weighted by Crippen LogP contribution is 1.69. The molecule has 5 nitrogen and oxygen atoms in total. The van der Waals surface area contributed by atoms with Crippen LogP contribution in [0.5, 0.6) is 0 Å². The van der Waals surface area contributed by atoms with Gasteiger partial charge in [0.15, 0.2) is 0 Å². The molecule has 2 amide bonds. The summed E-state index contributed by atoms with van der Waals surface area (Å²) in [6, 6.07) is 0. The van der Waals surface area contributed by atoms with Crippen LogP contribution >= 0.6 is 0 Å². The minimum Gasteiger partial charge on any atom is -0.383 e. The highest BCUT2D eigenvalue weighted by molar-refractivity contribution is 6.35. The van der Waals surface area contributed by atoms with Gasteiger partial charge in [0.05, 0.1) is 6.61 Å². The molecule has 0 spiro atoms. The SMILES string of the molecule is CCNC(=O)C(=O)NCCOC. The summed E-state index contributed by atoms with van der Waals surface area (Å²) in [4.78, 5) is 21.6. The summed E-state index contributed by atoms with van der Waals surface area (Å²) in [5.41, 5.74) is 0. The predicted octanol–water partition coefficient (Wildman–Crippen LogP) is -1.11. The van der Waals surface area contributed by atoms with E-state index in [9.17, 15) is 9.59 Å². The zero-order valence-corrected chi connectivity index (χ0v) is 7.35. The minimum absolute atomic E-state index is 0.354. The van der Waals surface area contributed by atoms with Crippen LogP contribution < -0.4 is 10.6 Å². The minimum atomic E-state index is -0.617. The van der Waals surface area contributed by atoms with Crippen LogP contribution in [0.15, 0.2) is 0 Å². The first-order chi connectivity index (χ1) is 5.72. The molecule has 5 heteroatoms. The largest absolute Gasteiger partial charge is 0.383 e. The van der Waals surface area contributed by atoms with Crippen molar-refractivity contribution in [1.29, 1.82) is 0 Å². The van der Waals surface area contributed by atoms with E-state index in [0.29, 0.717) is 19.7 Å². The third kappa shape index (κ3) is 4.68. The van der Waals surface area contributed by atoms with Crippen LogP contribution in [-0.2, 0) is 14.3 Å². The number of amides is 2. The van der Waals surface area contributed by atoms with E-state index in [1.807, 2.05) is 0 Å². The number of ether oxygens (including phenoxy) is 1. The molecule has 0 saturated carbocycles. The molecular formula is C7H14N2O3. The molecule has 0 aliphatic heterocycles. The zero-order chi connectivity index (χ0) is 9.40. The molecule has 0 heterocycles. The van der Waals surface area contributed by atoms with Gasteiger partial charge in [-0.2, -0.15) is 0 Å². The second-order valence-corrected chi connectivity index (χ2v) is 2.11. The van der Waals surface area contributed by atoms with Gasteiger partial charge in [-0.25, -0.2) is 0 Å². The van der Waals surface area contributed by atoms with Crippen molar-refractivity contribution in [2.75, 3.05) is 26.8 Å². The topological polar surface area (TPSA) is 67.4 Å².